The van der Waals surface area contributed by atoms with Gasteiger partial charge in [0.2, 0.25) is 5.69 Å². The quantitative estimate of drug-likeness (QED) is 0.492. The van der Waals surface area contributed by atoms with Crippen molar-refractivity contribution in [3.8, 4) is 0 Å². The molecule has 2 rings (SSSR count). The molecule has 1 aromatic rings. The molecule has 0 saturated heterocycles. The third-order valence-electron chi connectivity index (χ3n) is 5.16. The van der Waals surface area contributed by atoms with Gasteiger partial charge in [-0.2, -0.15) is 4.58 Å². The fourth-order valence-corrected chi connectivity index (χ4v) is 3.47. The van der Waals surface area contributed by atoms with Gasteiger partial charge in [-0.3, -0.25) is 0 Å². The molecule has 1 nitrogen and oxygen atoms in total. The molecule has 0 fully saturated rings. The van der Waals surface area contributed by atoms with E-state index in [9.17, 15) is 0 Å². The minimum absolute atomic E-state index is 0. The lowest BCUT2D eigenvalue weighted by atomic mass is 9.82. The summed E-state index contributed by atoms with van der Waals surface area (Å²) in [4.78, 5) is 0. The molecule has 0 atom stereocenters. The lowest BCUT2D eigenvalue weighted by Gasteiger charge is -2.14. The first-order valence-corrected chi connectivity index (χ1v) is 8.80. The van der Waals surface area contributed by atoms with Crippen LogP contribution in [0.25, 0.3) is 0 Å². The second-order valence-corrected chi connectivity index (χ2v) is 7.00. The number of hydrogen-bond acceptors (Lipinski definition) is 0. The Morgan fingerprint density at radius 2 is 1.50 bits per heavy atom. The molecule has 1 heterocycles. The standard InChI is InChI=1S/C20H32N.BrH/c1-5-6-7-8-9-10-13-16-21-17(2)20(3,4)18-14-11-12-15-19(18)21;/h11-12,14-15H,5-10,13,16H2,1-4H3;1H/q+1;/p-1. The van der Waals surface area contributed by atoms with Gasteiger partial charge >= 0.3 is 0 Å². The smallest absolute Gasteiger partial charge is 0.209 e. The van der Waals surface area contributed by atoms with E-state index in [-0.39, 0.29) is 22.4 Å². The van der Waals surface area contributed by atoms with Gasteiger partial charge in [-0.1, -0.05) is 57.2 Å². The Hall–Kier alpha value is -0.630. The first-order chi connectivity index (χ1) is 10.1. The Kier molecular flexibility index (Phi) is 7.82. The van der Waals surface area contributed by atoms with E-state index in [0.29, 0.717) is 0 Å². The van der Waals surface area contributed by atoms with Gasteiger partial charge < -0.3 is 17.0 Å². The second-order valence-electron chi connectivity index (χ2n) is 7.00. The third kappa shape index (κ3) is 4.22. The molecule has 1 aromatic carbocycles. The molecule has 0 spiro atoms. The molecule has 2 heteroatoms. The molecule has 0 N–H and O–H groups in total. The minimum Gasteiger partial charge on any atom is -1.00 e. The highest BCUT2D eigenvalue weighted by Crippen LogP contribution is 2.39. The number of halogens is 1. The summed E-state index contributed by atoms with van der Waals surface area (Å²) in [6.45, 7) is 10.5. The lowest BCUT2D eigenvalue weighted by molar-refractivity contribution is -0.439. The van der Waals surface area contributed by atoms with Crippen molar-refractivity contribution >= 4 is 11.4 Å². The van der Waals surface area contributed by atoms with E-state index in [2.05, 4.69) is 56.5 Å². The van der Waals surface area contributed by atoms with Gasteiger partial charge in [-0.05, 0) is 20.3 Å². The molecule has 1 aliphatic rings. The molecule has 0 saturated carbocycles. The van der Waals surface area contributed by atoms with Crippen LogP contribution in [0.4, 0.5) is 5.69 Å². The first kappa shape index (κ1) is 19.4. The molecule has 22 heavy (non-hydrogen) atoms. The van der Waals surface area contributed by atoms with Crippen LogP contribution >= 0.6 is 0 Å². The minimum atomic E-state index is 0. The first-order valence-electron chi connectivity index (χ1n) is 8.80. The van der Waals surface area contributed by atoms with Crippen LogP contribution in [0, 0.1) is 0 Å². The van der Waals surface area contributed by atoms with Gasteiger partial charge in [0.1, 0.15) is 6.54 Å². The van der Waals surface area contributed by atoms with Crippen LogP contribution in [0.5, 0.6) is 0 Å². The van der Waals surface area contributed by atoms with Crippen LogP contribution in [-0.4, -0.2) is 16.8 Å². The summed E-state index contributed by atoms with van der Waals surface area (Å²) >= 11 is 0. The number of para-hydroxylation sites is 1. The summed E-state index contributed by atoms with van der Waals surface area (Å²) in [6.07, 6.45) is 9.66. The summed E-state index contributed by atoms with van der Waals surface area (Å²) in [7, 11) is 0. The van der Waals surface area contributed by atoms with E-state index in [1.165, 1.54) is 68.5 Å². The highest BCUT2D eigenvalue weighted by Gasteiger charge is 2.42. The molecular weight excluding hydrogens is 334 g/mol. The molecule has 0 radical (unpaired) electrons. The molecule has 0 aliphatic carbocycles. The lowest BCUT2D eigenvalue weighted by Crippen LogP contribution is -3.00. The highest BCUT2D eigenvalue weighted by atomic mass is 79.9. The van der Waals surface area contributed by atoms with Crippen molar-refractivity contribution in [3.05, 3.63) is 29.8 Å². The van der Waals surface area contributed by atoms with Crippen LogP contribution in [0.3, 0.4) is 0 Å². The van der Waals surface area contributed by atoms with Gasteiger partial charge in [0.15, 0.2) is 5.71 Å². The molecule has 1 aliphatic heterocycles. The summed E-state index contributed by atoms with van der Waals surface area (Å²) in [5, 5.41) is 0. The van der Waals surface area contributed by atoms with Crippen molar-refractivity contribution < 1.29 is 21.6 Å². The number of benzene rings is 1. The van der Waals surface area contributed by atoms with E-state index in [1.54, 1.807) is 0 Å². The van der Waals surface area contributed by atoms with Gasteiger partial charge in [0.05, 0.1) is 5.41 Å². The summed E-state index contributed by atoms with van der Waals surface area (Å²) < 4.78 is 2.56. The fourth-order valence-electron chi connectivity index (χ4n) is 3.47. The Morgan fingerprint density at radius 3 is 2.18 bits per heavy atom. The highest BCUT2D eigenvalue weighted by molar-refractivity contribution is 5.93. The Balaban J connectivity index is 0.00000242. The van der Waals surface area contributed by atoms with E-state index < -0.39 is 0 Å². The Morgan fingerprint density at radius 1 is 0.909 bits per heavy atom. The molecule has 0 amide bonds. The predicted molar refractivity (Wildman–Crippen MR) is 92.9 cm³/mol. The van der Waals surface area contributed by atoms with Gasteiger partial charge in [-0.25, -0.2) is 0 Å². The maximum Gasteiger partial charge on any atom is 0.209 e. The van der Waals surface area contributed by atoms with Crippen molar-refractivity contribution in [1.29, 1.82) is 0 Å². The molecule has 0 aromatic heterocycles. The second kappa shape index (κ2) is 8.86. The maximum absolute atomic E-state index is 2.56. The van der Waals surface area contributed by atoms with Crippen molar-refractivity contribution in [1.82, 2.24) is 0 Å². The average Bonchev–Trinajstić information content (AvgIpc) is 2.67. The number of unbranched alkanes of at least 4 members (excludes halogenated alkanes) is 6. The zero-order valence-electron chi connectivity index (χ0n) is 14.8. The Labute approximate surface area is 147 Å². The SMILES string of the molecule is CCCCCCCCC[N+]1=C(C)C(C)(C)c2ccccc21.[Br-]. The maximum atomic E-state index is 2.56. The fraction of sp³-hybridized carbons (Fsp3) is 0.650. The van der Waals surface area contributed by atoms with Crippen LogP contribution in [-0.2, 0) is 5.41 Å². The van der Waals surface area contributed by atoms with E-state index in [0.717, 1.165) is 0 Å². The summed E-state index contributed by atoms with van der Waals surface area (Å²) in [5.41, 5.74) is 4.63. The van der Waals surface area contributed by atoms with Gasteiger partial charge in [0, 0.05) is 25.0 Å². The van der Waals surface area contributed by atoms with Crippen LogP contribution < -0.4 is 17.0 Å². The van der Waals surface area contributed by atoms with Crippen molar-refractivity contribution in [2.75, 3.05) is 6.54 Å². The normalized spacial score (nSPS) is 15.6. The Bertz CT molecular complexity index is 502. The van der Waals surface area contributed by atoms with Crippen molar-refractivity contribution in [2.24, 2.45) is 0 Å². The van der Waals surface area contributed by atoms with Crippen LogP contribution in [0.2, 0.25) is 0 Å². The molecule has 0 bridgehead atoms. The number of rotatable bonds is 8. The van der Waals surface area contributed by atoms with E-state index >= 15 is 0 Å². The number of nitrogens with zero attached hydrogens (tertiary/aromatic N) is 1. The van der Waals surface area contributed by atoms with Crippen LogP contribution in [0.15, 0.2) is 24.3 Å². The molecule has 124 valence electrons. The van der Waals surface area contributed by atoms with Crippen molar-refractivity contribution in [3.63, 3.8) is 0 Å². The van der Waals surface area contributed by atoms with E-state index in [4.69, 9.17) is 0 Å². The van der Waals surface area contributed by atoms with E-state index in [1.807, 2.05) is 0 Å². The van der Waals surface area contributed by atoms with Gasteiger partial charge in [0.25, 0.3) is 0 Å². The van der Waals surface area contributed by atoms with Gasteiger partial charge in [-0.15, -0.1) is 0 Å². The van der Waals surface area contributed by atoms with Crippen molar-refractivity contribution in [2.45, 2.75) is 78.1 Å². The molecule has 0 unspecified atom stereocenters. The average molecular weight is 366 g/mol. The number of fused-ring (bicyclic) bond motifs is 1. The zero-order chi connectivity index (χ0) is 15.3. The zero-order valence-corrected chi connectivity index (χ0v) is 16.4. The summed E-state index contributed by atoms with van der Waals surface area (Å²) in [5.74, 6) is 0. The monoisotopic (exact) mass is 365 g/mol. The number of hydrogen-bond donors (Lipinski definition) is 0. The topological polar surface area (TPSA) is 3.01 Å². The molecular formula is C20H32BrN. The van der Waals surface area contributed by atoms with Crippen LogP contribution in [0.1, 0.15) is 78.2 Å². The summed E-state index contributed by atoms with van der Waals surface area (Å²) in [6, 6.07) is 8.93. The largest absolute Gasteiger partial charge is 1.00 e. The predicted octanol–water partition coefficient (Wildman–Crippen LogP) is 2.84. The third-order valence-corrected chi connectivity index (χ3v) is 5.16.